The Hall–Kier alpha value is -2.70. The van der Waals surface area contributed by atoms with Crippen LogP contribution in [0, 0.1) is 17.2 Å². The number of rotatable bonds is 8. The Kier molecular flexibility index (Phi) is 5.88. The molecule has 1 aromatic carbocycles. The van der Waals surface area contributed by atoms with E-state index in [0.29, 0.717) is 46.5 Å². The largest absolute Gasteiger partial charge is 0.435 e. The minimum absolute atomic E-state index is 0.0653. The van der Waals surface area contributed by atoms with Crippen LogP contribution in [0.4, 0.5) is 8.78 Å². The summed E-state index contributed by atoms with van der Waals surface area (Å²) < 4.78 is 35.2. The summed E-state index contributed by atoms with van der Waals surface area (Å²) in [5, 5.41) is 10.6. The van der Waals surface area contributed by atoms with E-state index in [9.17, 15) is 14.0 Å². The van der Waals surface area contributed by atoms with Crippen molar-refractivity contribution in [3.63, 3.8) is 0 Å². The summed E-state index contributed by atoms with van der Waals surface area (Å²) in [7, 11) is 0. The molecule has 0 aliphatic heterocycles. The fourth-order valence-corrected chi connectivity index (χ4v) is 3.86. The van der Waals surface area contributed by atoms with Gasteiger partial charge in [0.25, 0.3) is 0 Å². The highest BCUT2D eigenvalue weighted by Crippen LogP contribution is 2.38. The predicted molar refractivity (Wildman–Crippen MR) is 111 cm³/mol. The second-order valence-electron chi connectivity index (χ2n) is 7.56. The number of nitrogens with one attached hydrogen (secondary N) is 1. The Balaban J connectivity index is 1.80. The van der Waals surface area contributed by atoms with E-state index in [4.69, 9.17) is 0 Å². The SMILES string of the molecule is CC(C)NSc1cnc(-c2c(C#N)c3ccc(OC(F)F)cc3n2CC2CC2)nc1. The van der Waals surface area contributed by atoms with Gasteiger partial charge in [-0.05, 0) is 56.7 Å². The van der Waals surface area contributed by atoms with Crippen molar-refractivity contribution in [2.45, 2.75) is 50.8 Å². The molecule has 1 fully saturated rings. The van der Waals surface area contributed by atoms with E-state index in [1.807, 2.05) is 18.4 Å². The van der Waals surface area contributed by atoms with Gasteiger partial charge in [-0.1, -0.05) is 0 Å². The molecule has 1 saturated carbocycles. The number of aromatic nitrogens is 3. The van der Waals surface area contributed by atoms with Crippen LogP contribution in [0.3, 0.4) is 0 Å². The average molecular weight is 429 g/mol. The summed E-state index contributed by atoms with van der Waals surface area (Å²) in [4.78, 5) is 9.85. The molecule has 2 heterocycles. The van der Waals surface area contributed by atoms with Crippen molar-refractivity contribution >= 4 is 22.9 Å². The highest BCUT2D eigenvalue weighted by molar-refractivity contribution is 7.97. The molecular weight excluding hydrogens is 408 g/mol. The van der Waals surface area contributed by atoms with Gasteiger partial charge in [-0.3, -0.25) is 4.72 Å². The quantitative estimate of drug-likeness (QED) is 0.509. The van der Waals surface area contributed by atoms with Crippen LogP contribution in [0.15, 0.2) is 35.5 Å². The Bertz CT molecular complexity index is 1090. The number of fused-ring (bicyclic) bond motifs is 1. The first-order valence-electron chi connectivity index (χ1n) is 9.72. The van der Waals surface area contributed by atoms with Gasteiger partial charge in [0.2, 0.25) is 0 Å². The van der Waals surface area contributed by atoms with Crippen LogP contribution < -0.4 is 9.46 Å². The maximum absolute atomic E-state index is 12.7. The molecule has 4 rings (SSSR count). The number of hydrogen-bond donors (Lipinski definition) is 1. The normalized spacial score (nSPS) is 13.9. The van der Waals surface area contributed by atoms with Crippen molar-refractivity contribution in [3.05, 3.63) is 36.2 Å². The number of alkyl halides is 2. The van der Waals surface area contributed by atoms with E-state index in [1.165, 1.54) is 18.0 Å². The Morgan fingerprint density at radius 3 is 2.63 bits per heavy atom. The van der Waals surface area contributed by atoms with Crippen LogP contribution in [0.25, 0.3) is 22.4 Å². The van der Waals surface area contributed by atoms with Gasteiger partial charge in [0.05, 0.1) is 16.0 Å². The van der Waals surface area contributed by atoms with Crippen LogP contribution >= 0.6 is 11.9 Å². The first-order valence-corrected chi connectivity index (χ1v) is 10.5. The number of benzene rings is 1. The van der Waals surface area contributed by atoms with Gasteiger partial charge in [0.1, 0.15) is 17.5 Å². The van der Waals surface area contributed by atoms with Crippen LogP contribution in [0.1, 0.15) is 32.3 Å². The molecule has 0 bridgehead atoms. The van der Waals surface area contributed by atoms with E-state index in [2.05, 4.69) is 25.5 Å². The molecule has 30 heavy (non-hydrogen) atoms. The third kappa shape index (κ3) is 4.40. The molecule has 1 N–H and O–H groups in total. The topological polar surface area (TPSA) is 75.8 Å². The molecule has 0 atom stereocenters. The van der Waals surface area contributed by atoms with Crippen LogP contribution in [0.2, 0.25) is 0 Å². The summed E-state index contributed by atoms with van der Waals surface area (Å²) >= 11 is 1.45. The number of hydrogen-bond acceptors (Lipinski definition) is 6. The van der Waals surface area contributed by atoms with Gasteiger partial charge in [-0.2, -0.15) is 14.0 Å². The molecule has 156 valence electrons. The highest BCUT2D eigenvalue weighted by atomic mass is 32.2. The summed E-state index contributed by atoms with van der Waals surface area (Å²) in [6, 6.07) is 7.24. The van der Waals surface area contributed by atoms with Crippen molar-refractivity contribution < 1.29 is 13.5 Å². The minimum atomic E-state index is -2.91. The maximum atomic E-state index is 12.7. The number of halogens is 2. The van der Waals surface area contributed by atoms with Crippen LogP contribution in [0.5, 0.6) is 5.75 Å². The van der Waals surface area contributed by atoms with Crippen molar-refractivity contribution in [3.8, 4) is 23.3 Å². The lowest BCUT2D eigenvalue weighted by Crippen LogP contribution is -2.13. The zero-order chi connectivity index (χ0) is 21.3. The van der Waals surface area contributed by atoms with Gasteiger partial charge < -0.3 is 9.30 Å². The van der Waals surface area contributed by atoms with E-state index >= 15 is 0 Å². The lowest BCUT2D eigenvalue weighted by Gasteiger charge is -2.11. The smallest absolute Gasteiger partial charge is 0.387 e. The standard InChI is InChI=1S/C21H21F2N5OS/c1-12(2)27-30-15-9-25-20(26-10-15)19-17(8-24)16-6-5-14(29-21(22)23)7-18(16)28(19)11-13-3-4-13/h5-7,9-10,12-13,21,27H,3-4,11H2,1-2H3. The summed E-state index contributed by atoms with van der Waals surface area (Å²) in [6.07, 6.45) is 5.64. The van der Waals surface area contributed by atoms with Crippen molar-refractivity contribution in [1.29, 1.82) is 5.26 Å². The molecule has 2 aromatic heterocycles. The molecule has 1 aliphatic carbocycles. The second kappa shape index (κ2) is 8.58. The van der Waals surface area contributed by atoms with Crippen molar-refractivity contribution in [1.82, 2.24) is 19.3 Å². The predicted octanol–water partition coefficient (Wildman–Crippen LogP) is 4.99. The van der Waals surface area contributed by atoms with E-state index in [1.54, 1.807) is 24.5 Å². The molecule has 0 spiro atoms. The molecule has 3 aromatic rings. The van der Waals surface area contributed by atoms with Crippen molar-refractivity contribution in [2.24, 2.45) is 5.92 Å². The van der Waals surface area contributed by atoms with Gasteiger partial charge in [-0.25, -0.2) is 9.97 Å². The van der Waals surface area contributed by atoms with Gasteiger partial charge >= 0.3 is 6.61 Å². The lowest BCUT2D eigenvalue weighted by atomic mass is 10.1. The minimum Gasteiger partial charge on any atom is -0.435 e. The molecule has 0 amide bonds. The second-order valence-corrected chi connectivity index (χ2v) is 8.48. The van der Waals surface area contributed by atoms with Crippen molar-refractivity contribution in [2.75, 3.05) is 0 Å². The summed E-state index contributed by atoms with van der Waals surface area (Å²) in [5.74, 6) is 1.000. The third-order valence-electron chi connectivity index (χ3n) is 4.76. The monoisotopic (exact) mass is 429 g/mol. The molecular formula is C21H21F2N5OS. The fourth-order valence-electron chi connectivity index (χ4n) is 3.28. The average Bonchev–Trinajstić information content (AvgIpc) is 3.48. The molecule has 0 saturated heterocycles. The molecule has 1 aliphatic rings. The molecule has 0 radical (unpaired) electrons. The maximum Gasteiger partial charge on any atom is 0.387 e. The Morgan fingerprint density at radius 2 is 2.03 bits per heavy atom. The zero-order valence-corrected chi connectivity index (χ0v) is 17.4. The molecule has 9 heteroatoms. The summed E-state index contributed by atoms with van der Waals surface area (Å²) in [6.45, 7) is 1.87. The van der Waals surface area contributed by atoms with E-state index < -0.39 is 6.61 Å². The van der Waals surface area contributed by atoms with Gasteiger partial charge in [0.15, 0.2) is 5.82 Å². The van der Waals surface area contributed by atoms with Gasteiger partial charge in [0, 0.05) is 36.4 Å². The number of ether oxygens (including phenoxy) is 1. The Labute approximate surface area is 177 Å². The van der Waals surface area contributed by atoms with E-state index in [-0.39, 0.29) is 5.75 Å². The van der Waals surface area contributed by atoms with Gasteiger partial charge in [-0.15, -0.1) is 0 Å². The first-order chi connectivity index (χ1) is 14.5. The van der Waals surface area contributed by atoms with Crippen LogP contribution in [-0.2, 0) is 6.54 Å². The highest BCUT2D eigenvalue weighted by Gasteiger charge is 2.27. The van der Waals surface area contributed by atoms with E-state index in [0.717, 1.165) is 17.7 Å². The third-order valence-corrected chi connectivity index (χ3v) is 5.80. The number of nitriles is 1. The molecule has 0 unspecified atom stereocenters. The number of nitrogens with zero attached hydrogens (tertiary/aromatic N) is 4. The fraction of sp³-hybridized carbons (Fsp3) is 0.381. The lowest BCUT2D eigenvalue weighted by molar-refractivity contribution is -0.0497. The summed E-state index contributed by atoms with van der Waals surface area (Å²) in [5.41, 5.74) is 1.73. The Morgan fingerprint density at radius 1 is 1.30 bits per heavy atom. The zero-order valence-electron chi connectivity index (χ0n) is 16.6. The van der Waals surface area contributed by atoms with Crippen LogP contribution in [-0.4, -0.2) is 27.2 Å². The first kappa shape index (κ1) is 20.6. The molecule has 6 nitrogen and oxygen atoms in total.